The Balaban J connectivity index is 1.21. The van der Waals surface area contributed by atoms with Crippen LogP contribution >= 0.6 is 12.2 Å². The second kappa shape index (κ2) is 26.7. The number of aromatic nitrogens is 4. The third-order valence-corrected chi connectivity index (χ3v) is 17.4. The number of aryl methyl sites for hydroxylation is 2. The summed E-state index contributed by atoms with van der Waals surface area (Å²) in [6.07, 6.45) is -1.80. The lowest BCUT2D eigenvalue weighted by Gasteiger charge is -2.50. The number of rotatable bonds is 18. The molecule has 0 unspecified atom stereocenters. The van der Waals surface area contributed by atoms with Crippen molar-refractivity contribution >= 4 is 24.0 Å². The number of aliphatic hydroxyl groups is 4. The molecule has 19 nitrogen and oxygen atoms in total. The molecule has 0 amide bonds. The Bertz CT molecular complexity index is 2440. The number of ketones is 1. The summed E-state index contributed by atoms with van der Waals surface area (Å²) < 4.78 is 49.2. The number of aromatic hydroxyl groups is 1. The lowest BCUT2D eigenvalue weighted by Crippen LogP contribution is -2.61. The van der Waals surface area contributed by atoms with Crippen molar-refractivity contribution in [3.05, 3.63) is 59.0 Å². The van der Waals surface area contributed by atoms with Gasteiger partial charge in [0.25, 0.3) is 0 Å². The zero-order valence-electron chi connectivity index (χ0n) is 47.6. The molecule has 3 saturated heterocycles. The first-order valence-electron chi connectivity index (χ1n) is 27.6. The van der Waals surface area contributed by atoms with Crippen LogP contribution in [0.4, 0.5) is 0 Å². The van der Waals surface area contributed by atoms with E-state index in [0.717, 1.165) is 55.6 Å². The number of hydrogen-bond donors (Lipinski definition) is 5. The molecule has 0 radical (unpaired) electrons. The number of ether oxygens (including phenoxy) is 7. The largest absolute Gasteiger partial charge is 0.505 e. The zero-order chi connectivity index (χ0) is 56.7. The van der Waals surface area contributed by atoms with Gasteiger partial charge in [0.1, 0.15) is 45.8 Å². The number of benzene rings is 1. The molecular weight excluding hydrogens is 1010 g/mol. The highest BCUT2D eigenvalue weighted by Gasteiger charge is 2.54. The first kappa shape index (κ1) is 62.4. The molecule has 5 N–H and O–H groups in total. The van der Waals surface area contributed by atoms with Gasteiger partial charge < -0.3 is 63.3 Å². The van der Waals surface area contributed by atoms with Crippen molar-refractivity contribution < 1.29 is 68.3 Å². The molecule has 3 aliphatic rings. The van der Waals surface area contributed by atoms with Gasteiger partial charge in [-0.25, -0.2) is 0 Å². The fraction of sp³-hybridized carbons (Fsp3) is 0.737. The number of carbonyl (C=O) groups is 2. The van der Waals surface area contributed by atoms with Gasteiger partial charge in [0.05, 0.1) is 53.8 Å². The first-order chi connectivity index (χ1) is 36.3. The minimum Gasteiger partial charge on any atom is -0.505 e. The van der Waals surface area contributed by atoms with Crippen LogP contribution in [-0.2, 0) is 62.4 Å². The fourth-order valence-corrected chi connectivity index (χ4v) is 12.1. The van der Waals surface area contributed by atoms with E-state index in [-0.39, 0.29) is 36.9 Å². The topological polar surface area (TPSA) is 239 Å². The summed E-state index contributed by atoms with van der Waals surface area (Å²) >= 11 is 5.31. The molecule has 0 aliphatic carbocycles. The van der Waals surface area contributed by atoms with Crippen molar-refractivity contribution in [1.82, 2.24) is 24.5 Å². The third-order valence-electron chi connectivity index (χ3n) is 16.9. The van der Waals surface area contributed by atoms with Crippen LogP contribution in [0, 0.1) is 28.3 Å². The van der Waals surface area contributed by atoms with Crippen molar-refractivity contribution in [2.45, 2.75) is 224 Å². The van der Waals surface area contributed by atoms with Gasteiger partial charge in [-0.15, -0.1) is 5.10 Å². The van der Waals surface area contributed by atoms with Crippen molar-refractivity contribution in [1.29, 1.82) is 0 Å². The Hall–Kier alpha value is -3.77. The van der Waals surface area contributed by atoms with E-state index in [2.05, 4.69) is 15.2 Å². The molecule has 0 saturated carbocycles. The molecule has 3 aliphatic heterocycles. The Morgan fingerprint density at radius 3 is 2.17 bits per heavy atom. The van der Waals surface area contributed by atoms with E-state index < -0.39 is 108 Å². The molecular formula is C57H89N5O14S. The lowest BCUT2D eigenvalue weighted by atomic mass is 9.74. The Morgan fingerprint density at radius 1 is 0.857 bits per heavy atom. The third kappa shape index (κ3) is 14.6. The number of likely N-dealkylation sites (N-methyl/N-ethyl adjacent to an activating group) is 1. The summed E-state index contributed by atoms with van der Waals surface area (Å²) in [5.74, 6) is -4.60. The molecule has 3 aromatic rings. The predicted molar refractivity (Wildman–Crippen MR) is 290 cm³/mol. The van der Waals surface area contributed by atoms with Gasteiger partial charge in [0.2, 0.25) is 0 Å². The average Bonchev–Trinajstić information content (AvgIpc) is 3.88. The first-order valence-corrected chi connectivity index (χ1v) is 28.0. The number of methoxy groups -OCH3 is 2. The van der Waals surface area contributed by atoms with Gasteiger partial charge in [0, 0.05) is 75.8 Å². The van der Waals surface area contributed by atoms with Crippen LogP contribution < -0.4 is 0 Å². The second-order valence-electron chi connectivity index (χ2n) is 23.0. The van der Waals surface area contributed by atoms with Crippen molar-refractivity contribution in [2.75, 3.05) is 21.3 Å². The fourth-order valence-electron chi connectivity index (χ4n) is 11.8. The summed E-state index contributed by atoms with van der Waals surface area (Å²) in [5, 5.41) is 65.7. The number of unbranched alkanes of at least 4 members (excludes halogenated alkanes) is 3. The Morgan fingerprint density at radius 2 is 1.52 bits per heavy atom. The van der Waals surface area contributed by atoms with E-state index in [1.54, 1.807) is 60.6 Å². The number of cyclic esters (lactones) is 1. The summed E-state index contributed by atoms with van der Waals surface area (Å²) in [6, 6.07) is 11.1. The highest BCUT2D eigenvalue weighted by atomic mass is 32.1. The maximum absolute atomic E-state index is 14.5. The summed E-state index contributed by atoms with van der Waals surface area (Å²) in [5.41, 5.74) is -1.70. The number of Topliss-reactive ketones (excluding diaryl/α,β-unsaturated/α-hetero) is 1. The van der Waals surface area contributed by atoms with Crippen LogP contribution in [0.2, 0.25) is 0 Å². The highest BCUT2D eigenvalue weighted by Crippen LogP contribution is 2.42. The molecule has 432 valence electrons. The van der Waals surface area contributed by atoms with Gasteiger partial charge >= 0.3 is 5.97 Å². The molecule has 18 atom stereocenters. The minimum absolute atomic E-state index is 0.0675. The Kier molecular flexibility index (Phi) is 21.6. The number of hydrogen-bond acceptors (Lipinski definition) is 18. The van der Waals surface area contributed by atoms with Crippen LogP contribution in [0.1, 0.15) is 126 Å². The number of esters is 1. The van der Waals surface area contributed by atoms with Crippen LogP contribution in [0.3, 0.4) is 0 Å². The minimum atomic E-state index is -2.00. The van der Waals surface area contributed by atoms with E-state index >= 15 is 0 Å². The molecule has 77 heavy (non-hydrogen) atoms. The highest BCUT2D eigenvalue weighted by molar-refractivity contribution is 7.71. The lowest BCUT2D eigenvalue weighted by molar-refractivity contribution is -0.319. The molecule has 0 bridgehead atoms. The van der Waals surface area contributed by atoms with Crippen molar-refractivity contribution in [3.63, 3.8) is 0 Å². The second-order valence-corrected chi connectivity index (χ2v) is 23.3. The van der Waals surface area contributed by atoms with Crippen molar-refractivity contribution in [2.24, 2.45) is 23.7 Å². The van der Waals surface area contributed by atoms with E-state index in [4.69, 9.17) is 45.4 Å². The molecule has 3 fully saturated rings. The zero-order valence-corrected chi connectivity index (χ0v) is 48.4. The Labute approximate surface area is 460 Å². The van der Waals surface area contributed by atoms with Crippen LogP contribution in [0.15, 0.2) is 48.8 Å². The van der Waals surface area contributed by atoms with Gasteiger partial charge in [0.15, 0.2) is 12.6 Å². The summed E-state index contributed by atoms with van der Waals surface area (Å²) in [6.45, 7) is 19.1. The number of carbonyl (C=O) groups excluding carboxylic acids is 2. The molecule has 2 aromatic heterocycles. The van der Waals surface area contributed by atoms with Crippen LogP contribution in [0.25, 0.3) is 11.3 Å². The smallest absolute Gasteiger partial charge is 0.311 e. The van der Waals surface area contributed by atoms with Gasteiger partial charge in [-0.3, -0.25) is 19.2 Å². The molecule has 5 heterocycles. The summed E-state index contributed by atoms with van der Waals surface area (Å²) in [4.78, 5) is 30.9. The standard InChI is InChI=1S/C57H89N5O14S/c1-14-44-57(10,69)49(66)35(4)46(64)33(2)29-56(9,71-13)51(36(5)48(37(6)53(68)74-44)75-45-30-55(8,70-12)50(67)38(7)73-45)76-54-47(65)42(28-34(3)72-54)60(11)31-39-21-23-40(24-22-39)41-32-62(59-58-41)27-18-16-15-17-25-61-26-19-20-43(63)52(61)77/h19-24,26,32-38,42,44-45,47-51,54,63,65-67,69H,14-18,25,27-31H2,1-13H3/t33-,34-,35+,36+,37-,38+,42+,44-,45+,47-,48+,49-,50+,51-,54+,55-,56-,57-/m1/s1. The van der Waals surface area contributed by atoms with E-state index in [9.17, 15) is 35.1 Å². The summed E-state index contributed by atoms with van der Waals surface area (Å²) in [7, 11) is 4.96. The molecule has 1 aromatic carbocycles. The van der Waals surface area contributed by atoms with Crippen molar-refractivity contribution in [3.8, 4) is 17.0 Å². The normalized spacial score (nSPS) is 36.9. The molecule has 6 rings (SSSR count). The SMILES string of the molecule is CC[C@H]1OC(=O)[C@H](C)[C@@H](O[C@H]2C[C@@](C)(OC)[C@@H](O)[C@H](C)O2)[C@H](C)[C@@H](O[C@@H]2O[C@H](C)C[C@H](N(C)Cc3ccc(-c4cn(CCCCCCn5cccc(O)c5=S)nn4)cc3)[C@H]2O)[C@](C)(OC)C[C@@H](C)C(=O)[C@H](C)[C@@H](O)[C@]1(C)O. The monoisotopic (exact) mass is 1100 g/mol. The predicted octanol–water partition coefficient (Wildman–Crippen LogP) is 6.77. The quantitative estimate of drug-likeness (QED) is 0.0502. The molecule has 0 spiro atoms. The van der Waals surface area contributed by atoms with Gasteiger partial charge in [-0.2, -0.15) is 0 Å². The van der Waals surface area contributed by atoms with Gasteiger partial charge in [-0.05, 0) is 98.4 Å². The average molecular weight is 1100 g/mol. The number of aliphatic hydroxyl groups excluding tert-OH is 3. The van der Waals surface area contributed by atoms with Gasteiger partial charge in [-0.1, -0.05) is 82.2 Å². The van der Waals surface area contributed by atoms with E-state index in [1.807, 2.05) is 66.8 Å². The maximum Gasteiger partial charge on any atom is 0.311 e. The van der Waals surface area contributed by atoms with E-state index in [1.165, 1.54) is 21.1 Å². The number of pyridine rings is 1. The molecule has 20 heteroatoms. The van der Waals surface area contributed by atoms with Crippen LogP contribution in [0.5, 0.6) is 5.75 Å². The number of nitrogens with zero attached hydrogens (tertiary/aromatic N) is 5. The van der Waals surface area contributed by atoms with Crippen LogP contribution in [-0.4, -0.2) is 167 Å². The van der Waals surface area contributed by atoms with E-state index in [0.29, 0.717) is 17.6 Å². The maximum atomic E-state index is 14.5.